The standard InChI is InChI=1S/C12H24O6.Na/c1-2-3-4-5-6-17-12-11(16)10(15)9(14)8(7-13)18-12;/h8-16H,2-7H2,1H3;/t8-,9+,10+,11-,12+;/m1./s1. The van der Waals surface area contributed by atoms with Gasteiger partial charge in [-0.05, 0) is 6.42 Å². The van der Waals surface area contributed by atoms with Crippen LogP contribution in [0.3, 0.4) is 0 Å². The largest absolute Gasteiger partial charge is 0.394 e. The first kappa shape index (κ1) is 19.8. The van der Waals surface area contributed by atoms with Crippen LogP contribution in [0.25, 0.3) is 0 Å². The van der Waals surface area contributed by atoms with Gasteiger partial charge in [-0.3, -0.25) is 0 Å². The number of ether oxygens (including phenoxy) is 2. The monoisotopic (exact) mass is 287 g/mol. The van der Waals surface area contributed by atoms with Crippen LogP contribution < -0.4 is 0 Å². The first-order chi connectivity index (χ1) is 8.61. The Balaban J connectivity index is 0.00000324. The number of aliphatic hydroxyl groups is 4. The Hall–Kier alpha value is 0.760. The summed E-state index contributed by atoms with van der Waals surface area (Å²) in [5.41, 5.74) is 0. The van der Waals surface area contributed by atoms with Crippen LogP contribution >= 0.6 is 0 Å². The molecular formula is C12H24NaO6. The minimum atomic E-state index is -1.36. The number of unbranched alkanes of at least 4 members (excludes halogenated alkanes) is 3. The van der Waals surface area contributed by atoms with Crippen molar-refractivity contribution in [3.8, 4) is 0 Å². The normalized spacial score (nSPS) is 34.9. The molecule has 0 bridgehead atoms. The van der Waals surface area contributed by atoms with E-state index >= 15 is 0 Å². The predicted octanol–water partition coefficient (Wildman–Crippen LogP) is -0.998. The third-order valence-electron chi connectivity index (χ3n) is 3.13. The molecule has 1 aliphatic heterocycles. The third kappa shape index (κ3) is 5.95. The van der Waals surface area contributed by atoms with Crippen LogP contribution in [0.15, 0.2) is 0 Å². The molecule has 109 valence electrons. The summed E-state index contributed by atoms with van der Waals surface area (Å²) in [5, 5.41) is 37.8. The SMILES string of the molecule is CCCCCCO[C@H]1O[C@H](CO)[C@H](O)[C@H](O)[C@H]1O.[Na]. The molecule has 1 fully saturated rings. The van der Waals surface area contributed by atoms with Gasteiger partial charge in [-0.25, -0.2) is 0 Å². The molecule has 0 aromatic heterocycles. The summed E-state index contributed by atoms with van der Waals surface area (Å²) >= 11 is 0. The van der Waals surface area contributed by atoms with Crippen LogP contribution in [0.2, 0.25) is 0 Å². The number of hydrogen-bond acceptors (Lipinski definition) is 6. The van der Waals surface area contributed by atoms with Crippen molar-refractivity contribution in [2.45, 2.75) is 63.3 Å². The van der Waals surface area contributed by atoms with Crippen molar-refractivity contribution in [2.24, 2.45) is 0 Å². The van der Waals surface area contributed by atoms with Gasteiger partial charge in [-0.15, -0.1) is 0 Å². The summed E-state index contributed by atoms with van der Waals surface area (Å²) in [5.74, 6) is 0. The smallest absolute Gasteiger partial charge is 0.186 e. The molecule has 0 saturated carbocycles. The molecule has 0 aromatic rings. The van der Waals surface area contributed by atoms with E-state index in [1.54, 1.807) is 0 Å². The van der Waals surface area contributed by atoms with Crippen molar-refractivity contribution in [1.82, 2.24) is 0 Å². The van der Waals surface area contributed by atoms with Crippen molar-refractivity contribution < 1.29 is 29.9 Å². The summed E-state index contributed by atoms with van der Waals surface area (Å²) in [7, 11) is 0. The quantitative estimate of drug-likeness (QED) is 0.354. The van der Waals surface area contributed by atoms with E-state index < -0.39 is 37.3 Å². The number of hydrogen-bond donors (Lipinski definition) is 4. The van der Waals surface area contributed by atoms with E-state index in [0.717, 1.165) is 25.7 Å². The maximum absolute atomic E-state index is 9.68. The topological polar surface area (TPSA) is 99.4 Å². The maximum Gasteiger partial charge on any atom is 0.186 e. The second kappa shape index (κ2) is 10.5. The Kier molecular flexibility index (Phi) is 10.9. The predicted molar refractivity (Wildman–Crippen MR) is 69.6 cm³/mol. The molecule has 1 saturated heterocycles. The van der Waals surface area contributed by atoms with E-state index in [1.807, 2.05) is 0 Å². The van der Waals surface area contributed by atoms with Gasteiger partial charge >= 0.3 is 0 Å². The molecule has 0 unspecified atom stereocenters. The Labute approximate surface area is 136 Å². The fourth-order valence-electron chi connectivity index (χ4n) is 1.93. The van der Waals surface area contributed by atoms with E-state index in [2.05, 4.69) is 6.92 Å². The molecule has 1 aliphatic rings. The van der Waals surface area contributed by atoms with Crippen LogP contribution in [-0.4, -0.2) is 93.9 Å². The molecule has 1 rings (SSSR count). The molecule has 5 atom stereocenters. The van der Waals surface area contributed by atoms with Crippen molar-refractivity contribution in [3.05, 3.63) is 0 Å². The zero-order valence-electron chi connectivity index (χ0n) is 11.7. The van der Waals surface area contributed by atoms with Crippen LogP contribution in [0.4, 0.5) is 0 Å². The van der Waals surface area contributed by atoms with Crippen LogP contribution in [-0.2, 0) is 9.47 Å². The van der Waals surface area contributed by atoms with E-state index in [-0.39, 0.29) is 29.6 Å². The number of aliphatic hydroxyl groups excluding tert-OH is 4. The van der Waals surface area contributed by atoms with Gasteiger partial charge in [0, 0.05) is 36.2 Å². The van der Waals surface area contributed by atoms with Gasteiger partial charge in [0.2, 0.25) is 0 Å². The van der Waals surface area contributed by atoms with Crippen molar-refractivity contribution in [3.63, 3.8) is 0 Å². The summed E-state index contributed by atoms with van der Waals surface area (Å²) in [6, 6.07) is 0. The molecule has 4 N–H and O–H groups in total. The van der Waals surface area contributed by atoms with Gasteiger partial charge in [0.25, 0.3) is 0 Å². The zero-order valence-corrected chi connectivity index (χ0v) is 13.7. The third-order valence-corrected chi connectivity index (χ3v) is 3.13. The first-order valence-corrected chi connectivity index (χ1v) is 6.54. The molecule has 19 heavy (non-hydrogen) atoms. The van der Waals surface area contributed by atoms with Crippen LogP contribution in [0.1, 0.15) is 32.6 Å². The molecule has 0 aromatic carbocycles. The summed E-state index contributed by atoms with van der Waals surface area (Å²) in [6.07, 6.45) is -1.75. The molecule has 1 radical (unpaired) electrons. The van der Waals surface area contributed by atoms with Crippen LogP contribution in [0.5, 0.6) is 0 Å². The van der Waals surface area contributed by atoms with Gasteiger partial charge in [-0.1, -0.05) is 26.2 Å². The maximum atomic E-state index is 9.68. The van der Waals surface area contributed by atoms with Gasteiger partial charge < -0.3 is 29.9 Å². The Bertz CT molecular complexity index is 228. The minimum absolute atomic E-state index is 0. The molecule has 7 heteroatoms. The summed E-state index contributed by atoms with van der Waals surface area (Å²) in [4.78, 5) is 0. The van der Waals surface area contributed by atoms with E-state index in [1.165, 1.54) is 0 Å². The van der Waals surface area contributed by atoms with E-state index in [9.17, 15) is 15.3 Å². The van der Waals surface area contributed by atoms with Crippen molar-refractivity contribution in [2.75, 3.05) is 13.2 Å². The molecule has 6 nitrogen and oxygen atoms in total. The second-order valence-electron chi connectivity index (χ2n) is 4.63. The summed E-state index contributed by atoms with van der Waals surface area (Å²) < 4.78 is 10.5. The molecule has 0 aliphatic carbocycles. The Morgan fingerprint density at radius 2 is 1.68 bits per heavy atom. The van der Waals surface area contributed by atoms with Gasteiger partial charge in [0.1, 0.15) is 24.4 Å². The van der Waals surface area contributed by atoms with E-state index in [0.29, 0.717) is 6.61 Å². The van der Waals surface area contributed by atoms with Gasteiger partial charge in [0.15, 0.2) is 6.29 Å². The van der Waals surface area contributed by atoms with Crippen molar-refractivity contribution >= 4 is 29.6 Å². The zero-order chi connectivity index (χ0) is 13.5. The minimum Gasteiger partial charge on any atom is -0.394 e. The second-order valence-corrected chi connectivity index (χ2v) is 4.63. The number of rotatable bonds is 7. The first-order valence-electron chi connectivity index (χ1n) is 6.54. The average Bonchev–Trinajstić information content (AvgIpc) is 2.38. The van der Waals surface area contributed by atoms with Gasteiger partial charge in [-0.2, -0.15) is 0 Å². The molecular weight excluding hydrogens is 263 g/mol. The molecule has 0 amide bonds. The Morgan fingerprint density at radius 1 is 1.00 bits per heavy atom. The fraction of sp³-hybridized carbons (Fsp3) is 1.00. The van der Waals surface area contributed by atoms with E-state index in [4.69, 9.17) is 14.6 Å². The van der Waals surface area contributed by atoms with Crippen molar-refractivity contribution in [1.29, 1.82) is 0 Å². The fourth-order valence-corrected chi connectivity index (χ4v) is 1.93. The average molecular weight is 287 g/mol. The van der Waals surface area contributed by atoms with Crippen LogP contribution in [0, 0.1) is 0 Å². The van der Waals surface area contributed by atoms with Gasteiger partial charge in [0.05, 0.1) is 6.61 Å². The molecule has 0 spiro atoms. The molecule has 1 heterocycles. The Morgan fingerprint density at radius 3 is 2.26 bits per heavy atom. The summed E-state index contributed by atoms with van der Waals surface area (Å²) in [6.45, 7) is 2.10.